The number of hydrogen-bond acceptors (Lipinski definition) is 4. The van der Waals surface area contributed by atoms with E-state index in [1.807, 2.05) is 0 Å². The molecule has 0 saturated carbocycles. The van der Waals surface area contributed by atoms with Gasteiger partial charge in [-0.05, 0) is 6.92 Å². The molecule has 1 heterocycles. The molecule has 0 spiro atoms. The minimum Gasteiger partial charge on any atom is -0.463 e. The average Bonchev–Trinajstić information content (AvgIpc) is 2.17. The van der Waals surface area contributed by atoms with Gasteiger partial charge in [0.25, 0.3) is 0 Å². The normalized spacial score (nSPS) is 23.3. The number of rotatable bonds is 3. The molecule has 0 radical (unpaired) electrons. The van der Waals surface area contributed by atoms with Crippen LogP contribution in [0, 0.1) is 0 Å². The number of carbonyl (C=O) groups is 1. The van der Waals surface area contributed by atoms with Crippen molar-refractivity contribution in [3.8, 4) is 0 Å². The fourth-order valence-corrected chi connectivity index (χ4v) is 1.09. The minimum atomic E-state index is -0.296. The Morgan fingerprint density at radius 2 is 2.62 bits per heavy atom. The molecule has 4 heteroatoms. The quantitative estimate of drug-likeness (QED) is 0.500. The molecule has 0 aliphatic carbocycles. The Bertz CT molecular complexity index is 185. The van der Waals surface area contributed by atoms with Crippen LogP contribution >= 0.6 is 0 Å². The SMILES string of the molecule is CCOC(=O)/C=C/C1COCCN1. The predicted octanol–water partition coefficient (Wildman–Crippen LogP) is 0.0941. The molecule has 1 N–H and O–H groups in total. The standard InChI is InChI=1S/C9H15NO3/c1-2-13-9(11)4-3-8-7-12-6-5-10-8/h3-4,8,10H,2,5-7H2,1H3/b4-3+. The van der Waals surface area contributed by atoms with Crippen molar-refractivity contribution in [2.75, 3.05) is 26.4 Å². The van der Waals surface area contributed by atoms with Crippen LogP contribution in [-0.2, 0) is 14.3 Å². The Morgan fingerprint density at radius 3 is 3.23 bits per heavy atom. The van der Waals surface area contributed by atoms with Crippen LogP contribution in [0.4, 0.5) is 0 Å². The summed E-state index contributed by atoms with van der Waals surface area (Å²) in [6.07, 6.45) is 3.22. The minimum absolute atomic E-state index is 0.137. The topological polar surface area (TPSA) is 47.6 Å². The molecular weight excluding hydrogens is 170 g/mol. The summed E-state index contributed by atoms with van der Waals surface area (Å²) >= 11 is 0. The van der Waals surface area contributed by atoms with Gasteiger partial charge in [0, 0.05) is 18.7 Å². The van der Waals surface area contributed by atoms with E-state index in [4.69, 9.17) is 9.47 Å². The molecule has 1 unspecified atom stereocenters. The zero-order valence-electron chi connectivity index (χ0n) is 7.79. The van der Waals surface area contributed by atoms with Crippen molar-refractivity contribution in [3.63, 3.8) is 0 Å². The first kappa shape index (κ1) is 10.2. The highest BCUT2D eigenvalue weighted by atomic mass is 16.5. The summed E-state index contributed by atoms with van der Waals surface area (Å²) in [5.41, 5.74) is 0. The molecule has 74 valence electrons. The predicted molar refractivity (Wildman–Crippen MR) is 48.4 cm³/mol. The largest absolute Gasteiger partial charge is 0.463 e. The first-order valence-electron chi connectivity index (χ1n) is 4.49. The molecule has 0 aromatic carbocycles. The molecule has 13 heavy (non-hydrogen) atoms. The Kier molecular flexibility index (Phi) is 4.49. The third-order valence-electron chi connectivity index (χ3n) is 1.70. The van der Waals surface area contributed by atoms with Gasteiger partial charge < -0.3 is 14.8 Å². The van der Waals surface area contributed by atoms with E-state index < -0.39 is 0 Å². The number of ether oxygens (including phenoxy) is 2. The van der Waals surface area contributed by atoms with Gasteiger partial charge in [-0.3, -0.25) is 0 Å². The van der Waals surface area contributed by atoms with Gasteiger partial charge in [0.05, 0.1) is 19.8 Å². The zero-order valence-corrected chi connectivity index (χ0v) is 7.79. The van der Waals surface area contributed by atoms with Crippen LogP contribution < -0.4 is 5.32 Å². The molecule has 0 amide bonds. The maximum absolute atomic E-state index is 10.9. The lowest BCUT2D eigenvalue weighted by Gasteiger charge is -2.20. The number of morpholine rings is 1. The van der Waals surface area contributed by atoms with Gasteiger partial charge in [0.2, 0.25) is 0 Å². The van der Waals surface area contributed by atoms with E-state index in [1.165, 1.54) is 6.08 Å². The average molecular weight is 185 g/mol. The van der Waals surface area contributed by atoms with Gasteiger partial charge in [-0.15, -0.1) is 0 Å². The van der Waals surface area contributed by atoms with Crippen molar-refractivity contribution >= 4 is 5.97 Å². The van der Waals surface area contributed by atoms with Gasteiger partial charge in [0.1, 0.15) is 0 Å². The molecular formula is C9H15NO3. The summed E-state index contributed by atoms with van der Waals surface area (Å²) in [7, 11) is 0. The monoisotopic (exact) mass is 185 g/mol. The van der Waals surface area contributed by atoms with E-state index in [-0.39, 0.29) is 12.0 Å². The molecule has 4 nitrogen and oxygen atoms in total. The van der Waals surface area contributed by atoms with E-state index in [2.05, 4.69) is 5.32 Å². The van der Waals surface area contributed by atoms with Crippen molar-refractivity contribution in [1.82, 2.24) is 5.32 Å². The summed E-state index contributed by atoms with van der Waals surface area (Å²) in [5.74, 6) is -0.296. The van der Waals surface area contributed by atoms with Gasteiger partial charge in [-0.2, -0.15) is 0 Å². The lowest BCUT2D eigenvalue weighted by molar-refractivity contribution is -0.137. The van der Waals surface area contributed by atoms with Gasteiger partial charge >= 0.3 is 5.97 Å². The first-order valence-corrected chi connectivity index (χ1v) is 4.49. The molecule has 1 saturated heterocycles. The molecule has 0 bridgehead atoms. The van der Waals surface area contributed by atoms with E-state index in [1.54, 1.807) is 13.0 Å². The highest BCUT2D eigenvalue weighted by Crippen LogP contribution is 1.95. The van der Waals surface area contributed by atoms with Crippen LogP contribution in [0.5, 0.6) is 0 Å². The number of carbonyl (C=O) groups excluding carboxylic acids is 1. The number of nitrogens with one attached hydrogen (secondary N) is 1. The number of esters is 1. The lowest BCUT2D eigenvalue weighted by Crippen LogP contribution is -2.39. The zero-order chi connectivity index (χ0) is 9.52. The van der Waals surface area contributed by atoms with Crippen LogP contribution in [-0.4, -0.2) is 38.4 Å². The van der Waals surface area contributed by atoms with E-state index in [9.17, 15) is 4.79 Å². The second kappa shape index (κ2) is 5.72. The fraction of sp³-hybridized carbons (Fsp3) is 0.667. The molecule has 1 aliphatic heterocycles. The van der Waals surface area contributed by atoms with Gasteiger partial charge in [-0.25, -0.2) is 4.79 Å². The third kappa shape index (κ3) is 4.05. The summed E-state index contributed by atoms with van der Waals surface area (Å²) < 4.78 is 9.95. The van der Waals surface area contributed by atoms with Gasteiger partial charge in [-0.1, -0.05) is 6.08 Å². The highest BCUT2D eigenvalue weighted by molar-refractivity contribution is 5.81. The van der Waals surface area contributed by atoms with E-state index >= 15 is 0 Å². The number of hydrogen-bond donors (Lipinski definition) is 1. The van der Waals surface area contributed by atoms with Crippen LogP contribution in [0.15, 0.2) is 12.2 Å². The third-order valence-corrected chi connectivity index (χ3v) is 1.70. The Labute approximate surface area is 77.9 Å². The van der Waals surface area contributed by atoms with Crippen LogP contribution in [0.25, 0.3) is 0 Å². The molecule has 0 aromatic rings. The maximum Gasteiger partial charge on any atom is 0.330 e. The smallest absolute Gasteiger partial charge is 0.330 e. The lowest BCUT2D eigenvalue weighted by atomic mass is 10.2. The van der Waals surface area contributed by atoms with Crippen LogP contribution in [0.2, 0.25) is 0 Å². The first-order chi connectivity index (χ1) is 6.33. The second-order valence-corrected chi connectivity index (χ2v) is 2.75. The molecule has 1 atom stereocenters. The Morgan fingerprint density at radius 1 is 1.77 bits per heavy atom. The highest BCUT2D eigenvalue weighted by Gasteiger charge is 2.09. The van der Waals surface area contributed by atoms with Crippen LogP contribution in [0.3, 0.4) is 0 Å². The van der Waals surface area contributed by atoms with Crippen molar-refractivity contribution in [1.29, 1.82) is 0 Å². The Balaban J connectivity index is 2.24. The summed E-state index contributed by atoms with van der Waals surface area (Å²) in [6.45, 7) is 4.39. The Hall–Kier alpha value is -0.870. The second-order valence-electron chi connectivity index (χ2n) is 2.75. The molecule has 1 fully saturated rings. The molecule has 1 rings (SSSR count). The van der Waals surface area contributed by atoms with Gasteiger partial charge in [0.15, 0.2) is 0 Å². The van der Waals surface area contributed by atoms with Crippen molar-refractivity contribution < 1.29 is 14.3 Å². The van der Waals surface area contributed by atoms with E-state index in [0.717, 1.165) is 13.2 Å². The molecule has 1 aliphatic rings. The van der Waals surface area contributed by atoms with Crippen molar-refractivity contribution in [3.05, 3.63) is 12.2 Å². The maximum atomic E-state index is 10.9. The van der Waals surface area contributed by atoms with Crippen LogP contribution in [0.1, 0.15) is 6.92 Å². The molecule has 0 aromatic heterocycles. The van der Waals surface area contributed by atoms with Crippen molar-refractivity contribution in [2.45, 2.75) is 13.0 Å². The fourth-order valence-electron chi connectivity index (χ4n) is 1.09. The summed E-state index contributed by atoms with van der Waals surface area (Å²) in [5, 5.41) is 3.20. The van der Waals surface area contributed by atoms with E-state index in [0.29, 0.717) is 13.2 Å². The summed E-state index contributed by atoms with van der Waals surface area (Å²) in [4.78, 5) is 10.9. The summed E-state index contributed by atoms with van der Waals surface area (Å²) in [6, 6.07) is 0.137. The van der Waals surface area contributed by atoms with Crippen molar-refractivity contribution in [2.24, 2.45) is 0 Å².